The lowest BCUT2D eigenvalue weighted by molar-refractivity contribution is -0.137. The summed E-state index contributed by atoms with van der Waals surface area (Å²) in [4.78, 5) is 10.3. The van der Waals surface area contributed by atoms with Crippen LogP contribution in [0.2, 0.25) is 0 Å². The van der Waals surface area contributed by atoms with E-state index in [1.807, 2.05) is 24.3 Å². The normalized spacial score (nSPS) is 13.6. The first-order valence-electron chi connectivity index (χ1n) is 8.05. The fourth-order valence-corrected chi connectivity index (χ4v) is 1.88. The van der Waals surface area contributed by atoms with Crippen LogP contribution >= 0.6 is 0 Å². The minimum atomic E-state index is -0.717. The molecule has 2 N–H and O–H groups in total. The van der Waals surface area contributed by atoms with Crippen molar-refractivity contribution in [3.8, 4) is 0 Å². The highest BCUT2D eigenvalue weighted by atomic mass is 16.4. The molecule has 3 heteroatoms. The van der Waals surface area contributed by atoms with E-state index in [1.54, 1.807) is 0 Å². The summed E-state index contributed by atoms with van der Waals surface area (Å²) in [5.74, 6) is -0.717. The van der Waals surface area contributed by atoms with Crippen LogP contribution in [0, 0.1) is 0 Å². The topological polar surface area (TPSA) is 57.5 Å². The number of rotatable bonds is 13. The standard InChI is InChI=1S/C18H30O3/c1-2-3-11-14-17(19)15-12-9-7-5-4-6-8-10-13-16-18(20)21/h4,6-7,9,12,15,17,19H,2-3,5,8,10-11,13-14,16H2,1H3,(H,20,21)/b6-4+,9-7+,15-12+/t17-/m0/s1. The number of unbranched alkanes of at least 4 members (excludes halogenated alkanes) is 4. The Morgan fingerprint density at radius 1 is 1.05 bits per heavy atom. The number of allylic oxidation sites excluding steroid dienone is 5. The summed E-state index contributed by atoms with van der Waals surface area (Å²) in [5, 5.41) is 18.1. The number of carbonyl (C=O) groups is 1. The fourth-order valence-electron chi connectivity index (χ4n) is 1.88. The molecule has 0 amide bonds. The molecule has 0 aromatic heterocycles. The fraction of sp³-hybridized carbons (Fsp3) is 0.611. The molecule has 0 radical (unpaired) electrons. The molecule has 0 saturated carbocycles. The monoisotopic (exact) mass is 294 g/mol. The summed E-state index contributed by atoms with van der Waals surface area (Å²) >= 11 is 0. The molecular formula is C18H30O3. The quantitative estimate of drug-likeness (QED) is 0.296. The maximum atomic E-state index is 10.3. The van der Waals surface area contributed by atoms with E-state index in [2.05, 4.69) is 19.1 Å². The van der Waals surface area contributed by atoms with E-state index >= 15 is 0 Å². The van der Waals surface area contributed by atoms with Gasteiger partial charge in [0.2, 0.25) is 0 Å². The first kappa shape index (κ1) is 19.7. The van der Waals surface area contributed by atoms with Crippen LogP contribution in [-0.4, -0.2) is 22.3 Å². The first-order chi connectivity index (χ1) is 10.2. The summed E-state index contributed by atoms with van der Waals surface area (Å²) in [7, 11) is 0. The molecule has 0 bridgehead atoms. The summed E-state index contributed by atoms with van der Waals surface area (Å²) in [6, 6.07) is 0. The Morgan fingerprint density at radius 2 is 1.86 bits per heavy atom. The van der Waals surface area contributed by atoms with Gasteiger partial charge in [-0.25, -0.2) is 0 Å². The van der Waals surface area contributed by atoms with Gasteiger partial charge < -0.3 is 10.2 Å². The number of carboxylic acid groups (broad SMARTS) is 1. The second kappa shape index (κ2) is 15.0. The molecule has 0 heterocycles. The SMILES string of the molecule is CCCCC[C@H](O)/C=C/C=C/C/C=C/CCCCC(=O)O. The van der Waals surface area contributed by atoms with Gasteiger partial charge in [-0.2, -0.15) is 0 Å². The van der Waals surface area contributed by atoms with Gasteiger partial charge in [0.1, 0.15) is 0 Å². The zero-order valence-electron chi connectivity index (χ0n) is 13.2. The molecule has 0 unspecified atom stereocenters. The second-order valence-electron chi connectivity index (χ2n) is 5.22. The van der Waals surface area contributed by atoms with Gasteiger partial charge in [0.05, 0.1) is 6.10 Å². The highest BCUT2D eigenvalue weighted by molar-refractivity contribution is 5.66. The van der Waals surface area contributed by atoms with E-state index in [1.165, 1.54) is 12.8 Å². The molecule has 0 spiro atoms. The molecule has 0 fully saturated rings. The average molecular weight is 294 g/mol. The van der Waals surface area contributed by atoms with Gasteiger partial charge in [0.15, 0.2) is 0 Å². The molecule has 0 saturated heterocycles. The Labute approximate surface area is 129 Å². The molecule has 21 heavy (non-hydrogen) atoms. The van der Waals surface area contributed by atoms with Crippen LogP contribution in [0.1, 0.15) is 64.7 Å². The third kappa shape index (κ3) is 16.6. The zero-order chi connectivity index (χ0) is 15.8. The Morgan fingerprint density at radius 3 is 2.57 bits per heavy atom. The lowest BCUT2D eigenvalue weighted by Gasteiger charge is -2.02. The van der Waals surface area contributed by atoms with Crippen molar-refractivity contribution in [2.75, 3.05) is 0 Å². The summed E-state index contributed by atoms with van der Waals surface area (Å²) in [6.45, 7) is 2.16. The molecule has 0 rings (SSSR count). The maximum Gasteiger partial charge on any atom is 0.303 e. The Balaban J connectivity index is 3.51. The van der Waals surface area contributed by atoms with E-state index in [9.17, 15) is 9.90 Å². The number of hydrogen-bond acceptors (Lipinski definition) is 2. The molecule has 1 atom stereocenters. The Bertz CT molecular complexity index is 329. The predicted molar refractivity (Wildman–Crippen MR) is 88.3 cm³/mol. The van der Waals surface area contributed by atoms with Gasteiger partial charge in [-0.1, -0.05) is 62.6 Å². The Hall–Kier alpha value is -1.35. The smallest absolute Gasteiger partial charge is 0.303 e. The van der Waals surface area contributed by atoms with Crippen molar-refractivity contribution in [2.45, 2.75) is 70.8 Å². The van der Waals surface area contributed by atoms with Crippen molar-refractivity contribution >= 4 is 5.97 Å². The van der Waals surface area contributed by atoms with E-state index in [0.717, 1.165) is 38.5 Å². The lowest BCUT2D eigenvalue weighted by Crippen LogP contribution is -2.00. The van der Waals surface area contributed by atoms with Crippen LogP contribution in [0.3, 0.4) is 0 Å². The molecule has 0 aromatic carbocycles. The number of carboxylic acids is 1. The van der Waals surface area contributed by atoms with Crippen molar-refractivity contribution in [3.05, 3.63) is 36.5 Å². The van der Waals surface area contributed by atoms with Gasteiger partial charge in [-0.15, -0.1) is 0 Å². The zero-order valence-corrected chi connectivity index (χ0v) is 13.2. The molecule has 0 aliphatic rings. The second-order valence-corrected chi connectivity index (χ2v) is 5.22. The molecule has 0 aliphatic carbocycles. The minimum absolute atomic E-state index is 0.263. The van der Waals surface area contributed by atoms with Crippen LogP contribution in [0.5, 0.6) is 0 Å². The summed E-state index contributed by atoms with van der Waals surface area (Å²) in [6.07, 6.45) is 19.6. The maximum absolute atomic E-state index is 10.3. The number of hydrogen-bond donors (Lipinski definition) is 2. The lowest BCUT2D eigenvalue weighted by atomic mass is 10.1. The first-order valence-corrected chi connectivity index (χ1v) is 8.05. The molecule has 3 nitrogen and oxygen atoms in total. The van der Waals surface area contributed by atoms with Gasteiger partial charge in [0.25, 0.3) is 0 Å². The van der Waals surface area contributed by atoms with Gasteiger partial charge in [0, 0.05) is 6.42 Å². The third-order valence-corrected chi connectivity index (χ3v) is 3.13. The van der Waals surface area contributed by atoms with Crippen molar-refractivity contribution in [2.24, 2.45) is 0 Å². The molecular weight excluding hydrogens is 264 g/mol. The van der Waals surface area contributed by atoms with E-state index in [4.69, 9.17) is 5.11 Å². The molecule has 0 aliphatic heterocycles. The van der Waals surface area contributed by atoms with Gasteiger partial charge in [-0.05, 0) is 32.1 Å². The summed E-state index contributed by atoms with van der Waals surface area (Å²) in [5.41, 5.74) is 0. The van der Waals surface area contributed by atoms with Crippen LogP contribution in [0.4, 0.5) is 0 Å². The number of aliphatic carboxylic acids is 1. The predicted octanol–water partition coefficient (Wildman–Crippen LogP) is 4.63. The van der Waals surface area contributed by atoms with Gasteiger partial charge >= 0.3 is 5.97 Å². The third-order valence-electron chi connectivity index (χ3n) is 3.13. The highest BCUT2D eigenvalue weighted by Crippen LogP contribution is 2.04. The van der Waals surface area contributed by atoms with E-state index < -0.39 is 5.97 Å². The minimum Gasteiger partial charge on any atom is -0.481 e. The molecule has 120 valence electrons. The van der Waals surface area contributed by atoms with Crippen molar-refractivity contribution < 1.29 is 15.0 Å². The number of aliphatic hydroxyl groups excluding tert-OH is 1. The van der Waals surface area contributed by atoms with E-state index in [-0.39, 0.29) is 12.5 Å². The van der Waals surface area contributed by atoms with Crippen LogP contribution in [-0.2, 0) is 4.79 Å². The highest BCUT2D eigenvalue weighted by Gasteiger charge is 1.96. The Kier molecular flexibility index (Phi) is 14.1. The molecule has 0 aromatic rings. The average Bonchev–Trinajstić information content (AvgIpc) is 2.44. The van der Waals surface area contributed by atoms with Crippen molar-refractivity contribution in [3.63, 3.8) is 0 Å². The van der Waals surface area contributed by atoms with Crippen molar-refractivity contribution in [1.82, 2.24) is 0 Å². The van der Waals surface area contributed by atoms with Crippen LogP contribution < -0.4 is 0 Å². The van der Waals surface area contributed by atoms with Crippen LogP contribution in [0.15, 0.2) is 36.5 Å². The van der Waals surface area contributed by atoms with Gasteiger partial charge in [-0.3, -0.25) is 4.79 Å². The number of aliphatic hydroxyl groups is 1. The van der Waals surface area contributed by atoms with E-state index in [0.29, 0.717) is 0 Å². The van der Waals surface area contributed by atoms with Crippen LogP contribution in [0.25, 0.3) is 0 Å². The summed E-state index contributed by atoms with van der Waals surface area (Å²) < 4.78 is 0. The largest absolute Gasteiger partial charge is 0.481 e. The van der Waals surface area contributed by atoms with Crippen molar-refractivity contribution in [1.29, 1.82) is 0 Å².